The summed E-state index contributed by atoms with van der Waals surface area (Å²) in [4.78, 5) is 4.77. The van der Waals surface area contributed by atoms with Crippen LogP contribution in [0.4, 0.5) is 0 Å². The highest BCUT2D eigenvalue weighted by atomic mass is 16.3. The number of allylic oxidation sites excluding steroid dienone is 4. The molecule has 0 aliphatic heterocycles. The van der Waals surface area contributed by atoms with Crippen LogP contribution in [0.25, 0.3) is 22.6 Å². The molecule has 35 heavy (non-hydrogen) atoms. The van der Waals surface area contributed by atoms with Crippen LogP contribution in [0, 0.1) is 25.2 Å². The van der Waals surface area contributed by atoms with Gasteiger partial charge < -0.3 is 5.11 Å². The summed E-state index contributed by atoms with van der Waals surface area (Å²) >= 11 is 0. The topological polar surface area (TPSA) is 92.0 Å². The van der Waals surface area contributed by atoms with E-state index in [2.05, 4.69) is 50.0 Å². The molecular formula is C28H32N6O. The van der Waals surface area contributed by atoms with Gasteiger partial charge in [-0.3, -0.25) is 0 Å². The van der Waals surface area contributed by atoms with Crippen LogP contribution in [-0.2, 0) is 0 Å². The molecule has 0 spiro atoms. The molecule has 7 heteroatoms. The van der Waals surface area contributed by atoms with Crippen LogP contribution in [0.3, 0.4) is 0 Å². The van der Waals surface area contributed by atoms with Crippen molar-refractivity contribution in [2.45, 2.75) is 54.6 Å². The van der Waals surface area contributed by atoms with Gasteiger partial charge in [0.2, 0.25) is 0 Å². The Morgan fingerprint density at radius 2 is 1.74 bits per heavy atom. The standard InChI is InChI=1S/C20H18N6O.C8H14/c1-12-4-7-19-17(10-22-25(19)11-12)18-6-5-16(14(3)27)20(23-18)26-13(2)8-15(9-21)24-26;1-7(2)5-6-8(3)4/h4-8,10-11,14,27H,1-3H3;5-6H,1-4H3. The molecule has 4 heterocycles. The second kappa shape index (κ2) is 10.9. The number of hydrogen-bond acceptors (Lipinski definition) is 5. The van der Waals surface area contributed by atoms with Crippen LogP contribution < -0.4 is 0 Å². The van der Waals surface area contributed by atoms with Gasteiger partial charge in [0.05, 0.1) is 23.5 Å². The summed E-state index contributed by atoms with van der Waals surface area (Å²) in [6.07, 6.45) is 7.26. The van der Waals surface area contributed by atoms with E-state index in [0.717, 1.165) is 28.0 Å². The summed E-state index contributed by atoms with van der Waals surface area (Å²) in [5.41, 5.74) is 8.10. The number of fused-ring (bicyclic) bond motifs is 1. The van der Waals surface area contributed by atoms with E-state index in [9.17, 15) is 5.11 Å². The fourth-order valence-corrected chi connectivity index (χ4v) is 3.47. The zero-order valence-electron chi connectivity index (χ0n) is 21.4. The molecule has 1 N–H and O–H groups in total. The molecule has 7 nitrogen and oxygen atoms in total. The smallest absolute Gasteiger partial charge is 0.163 e. The lowest BCUT2D eigenvalue weighted by Gasteiger charge is -2.14. The molecule has 4 aromatic heterocycles. The maximum Gasteiger partial charge on any atom is 0.163 e. The van der Waals surface area contributed by atoms with Gasteiger partial charge in [-0.1, -0.05) is 35.4 Å². The molecule has 0 amide bonds. The minimum atomic E-state index is -0.720. The summed E-state index contributed by atoms with van der Waals surface area (Å²) in [6.45, 7) is 13.9. The molecule has 4 rings (SSSR count). The average molecular weight is 469 g/mol. The van der Waals surface area contributed by atoms with Crippen LogP contribution in [0.1, 0.15) is 63.2 Å². The number of hydrogen-bond donors (Lipinski definition) is 1. The van der Waals surface area contributed by atoms with Gasteiger partial charge in [0.1, 0.15) is 6.07 Å². The van der Waals surface area contributed by atoms with Crippen molar-refractivity contribution in [2.24, 2.45) is 0 Å². The molecule has 1 atom stereocenters. The summed E-state index contributed by atoms with van der Waals surface area (Å²) in [5.74, 6) is 0.507. The third-order valence-electron chi connectivity index (χ3n) is 5.25. The van der Waals surface area contributed by atoms with E-state index in [4.69, 9.17) is 10.2 Å². The molecule has 0 radical (unpaired) electrons. The predicted molar refractivity (Wildman–Crippen MR) is 139 cm³/mol. The van der Waals surface area contributed by atoms with Gasteiger partial charge in [-0.25, -0.2) is 14.2 Å². The van der Waals surface area contributed by atoms with Crippen molar-refractivity contribution in [1.82, 2.24) is 24.4 Å². The van der Waals surface area contributed by atoms with Crippen LogP contribution in [-0.4, -0.2) is 29.5 Å². The van der Waals surface area contributed by atoms with E-state index in [0.29, 0.717) is 17.1 Å². The molecule has 0 aliphatic carbocycles. The fraction of sp³-hybridized carbons (Fsp3) is 0.286. The number of aliphatic hydroxyl groups excluding tert-OH is 1. The third kappa shape index (κ3) is 6.11. The van der Waals surface area contributed by atoms with E-state index in [1.165, 1.54) is 11.1 Å². The molecule has 1 unspecified atom stereocenters. The summed E-state index contributed by atoms with van der Waals surface area (Å²) in [5, 5.41) is 28.0. The Balaban J connectivity index is 0.000000371. The maximum atomic E-state index is 10.2. The normalized spacial score (nSPS) is 11.3. The second-order valence-corrected chi connectivity index (χ2v) is 9.06. The number of rotatable bonds is 4. The van der Waals surface area contributed by atoms with E-state index in [1.54, 1.807) is 23.9 Å². The maximum absolute atomic E-state index is 10.2. The van der Waals surface area contributed by atoms with Crippen molar-refractivity contribution in [2.75, 3.05) is 0 Å². The van der Waals surface area contributed by atoms with Crippen LogP contribution >= 0.6 is 0 Å². The van der Waals surface area contributed by atoms with Crippen molar-refractivity contribution >= 4 is 5.52 Å². The van der Waals surface area contributed by atoms with E-state index >= 15 is 0 Å². The highest BCUT2D eigenvalue weighted by Gasteiger charge is 2.18. The number of pyridine rings is 2. The minimum Gasteiger partial charge on any atom is -0.389 e. The van der Waals surface area contributed by atoms with Gasteiger partial charge >= 0.3 is 0 Å². The van der Waals surface area contributed by atoms with Crippen LogP contribution in [0.5, 0.6) is 0 Å². The van der Waals surface area contributed by atoms with Gasteiger partial charge in [-0.15, -0.1) is 0 Å². The lowest BCUT2D eigenvalue weighted by molar-refractivity contribution is 0.198. The molecule has 0 saturated carbocycles. The summed E-state index contributed by atoms with van der Waals surface area (Å²) < 4.78 is 3.42. The lowest BCUT2D eigenvalue weighted by Crippen LogP contribution is -2.09. The van der Waals surface area contributed by atoms with Crippen molar-refractivity contribution in [1.29, 1.82) is 5.26 Å². The highest BCUT2D eigenvalue weighted by molar-refractivity contribution is 5.78. The predicted octanol–water partition coefficient (Wildman–Crippen LogP) is 6.04. The van der Waals surface area contributed by atoms with Gasteiger partial charge in [-0.05, 0) is 72.2 Å². The van der Waals surface area contributed by atoms with Crippen LogP contribution in [0.15, 0.2) is 66.0 Å². The highest BCUT2D eigenvalue weighted by Crippen LogP contribution is 2.28. The Morgan fingerprint density at radius 1 is 1.06 bits per heavy atom. The van der Waals surface area contributed by atoms with E-state index < -0.39 is 6.10 Å². The van der Waals surface area contributed by atoms with Crippen LogP contribution in [0.2, 0.25) is 0 Å². The van der Waals surface area contributed by atoms with Gasteiger partial charge in [-0.2, -0.15) is 15.5 Å². The molecule has 0 aromatic carbocycles. The average Bonchev–Trinajstić information content (AvgIpc) is 3.40. The lowest BCUT2D eigenvalue weighted by atomic mass is 10.1. The Hall–Kier alpha value is -4.02. The fourth-order valence-electron chi connectivity index (χ4n) is 3.47. The Bertz CT molecular complexity index is 1420. The van der Waals surface area contributed by atoms with Gasteiger partial charge in [0, 0.05) is 23.0 Å². The van der Waals surface area contributed by atoms with Gasteiger partial charge in [0.25, 0.3) is 0 Å². The quantitative estimate of drug-likeness (QED) is 0.369. The van der Waals surface area contributed by atoms with Crippen molar-refractivity contribution in [3.05, 3.63) is 88.5 Å². The number of aliphatic hydroxyl groups is 1. The first-order valence-electron chi connectivity index (χ1n) is 11.5. The molecular weight excluding hydrogens is 436 g/mol. The Morgan fingerprint density at radius 3 is 2.31 bits per heavy atom. The first kappa shape index (κ1) is 25.6. The van der Waals surface area contributed by atoms with Crippen molar-refractivity contribution in [3.8, 4) is 23.1 Å². The number of nitrogens with zero attached hydrogens (tertiary/aromatic N) is 6. The largest absolute Gasteiger partial charge is 0.389 e. The third-order valence-corrected chi connectivity index (χ3v) is 5.25. The molecule has 180 valence electrons. The van der Waals surface area contributed by atoms with Crippen molar-refractivity contribution < 1.29 is 5.11 Å². The van der Waals surface area contributed by atoms with E-state index in [-0.39, 0.29) is 0 Å². The molecule has 0 fully saturated rings. The van der Waals surface area contributed by atoms with E-state index in [1.807, 2.05) is 54.9 Å². The number of aryl methyl sites for hydroxylation is 2. The molecule has 0 saturated heterocycles. The zero-order chi connectivity index (χ0) is 25.7. The Kier molecular flexibility index (Phi) is 8.00. The number of nitriles is 1. The molecule has 0 aliphatic rings. The SMILES string of the molecule is CC(C)=CC=C(C)C.Cc1ccc2c(-c3ccc(C(C)O)c(-n4nc(C#N)cc4C)n3)cnn2c1. The number of aromatic nitrogens is 5. The summed E-state index contributed by atoms with van der Waals surface area (Å²) in [6, 6.07) is 11.5. The second-order valence-electron chi connectivity index (χ2n) is 9.06. The first-order valence-corrected chi connectivity index (χ1v) is 11.5. The molecule has 4 aromatic rings. The zero-order valence-corrected chi connectivity index (χ0v) is 21.4. The monoisotopic (exact) mass is 468 g/mol. The minimum absolute atomic E-state index is 0.308. The van der Waals surface area contributed by atoms with Gasteiger partial charge in [0.15, 0.2) is 11.5 Å². The molecule has 0 bridgehead atoms. The van der Waals surface area contributed by atoms with Crippen molar-refractivity contribution in [3.63, 3.8) is 0 Å². The summed E-state index contributed by atoms with van der Waals surface area (Å²) in [7, 11) is 0. The Labute approximate surface area is 206 Å². The first-order chi connectivity index (χ1) is 16.6.